The number of carbonyl (C=O) groups is 1. The minimum Gasteiger partial charge on any atom is -0.352 e. The standard InChI is InChI=1S/C23H23N3O5S/c1-16-5-3-4-6-18(16)13-14-24-23(27)19-8-10-20(11-9-19)25-32(30,31)21-12-7-17(2)22(15-21)26(28)29/h3-12,15,25H,13-14H2,1-2H3,(H,24,27). The van der Waals surface area contributed by atoms with Crippen LogP contribution in [0, 0.1) is 24.0 Å². The molecule has 166 valence electrons. The van der Waals surface area contributed by atoms with Crippen LogP contribution < -0.4 is 10.0 Å². The summed E-state index contributed by atoms with van der Waals surface area (Å²) < 4.78 is 27.6. The number of aryl methyl sites for hydroxylation is 2. The van der Waals surface area contributed by atoms with Crippen LogP contribution in [0.5, 0.6) is 0 Å². The molecule has 0 bridgehead atoms. The zero-order valence-corrected chi connectivity index (χ0v) is 18.5. The minimum atomic E-state index is -4.02. The van der Waals surface area contributed by atoms with Crippen molar-refractivity contribution in [2.45, 2.75) is 25.2 Å². The molecule has 0 saturated carbocycles. The van der Waals surface area contributed by atoms with Crippen LogP contribution in [-0.2, 0) is 16.4 Å². The lowest BCUT2D eigenvalue weighted by atomic mass is 10.1. The van der Waals surface area contributed by atoms with Gasteiger partial charge in [-0.1, -0.05) is 30.3 Å². The Morgan fingerprint density at radius 2 is 1.66 bits per heavy atom. The highest BCUT2D eigenvalue weighted by Crippen LogP contribution is 2.24. The molecule has 0 fully saturated rings. The summed E-state index contributed by atoms with van der Waals surface area (Å²) in [7, 11) is -4.02. The smallest absolute Gasteiger partial charge is 0.273 e. The van der Waals surface area contributed by atoms with Crippen molar-refractivity contribution in [3.05, 3.63) is 99.1 Å². The van der Waals surface area contributed by atoms with Crippen molar-refractivity contribution >= 4 is 27.3 Å². The summed E-state index contributed by atoms with van der Waals surface area (Å²) in [6.45, 7) is 4.03. The fourth-order valence-corrected chi connectivity index (χ4v) is 4.24. The number of nitrogens with one attached hydrogen (secondary N) is 2. The average molecular weight is 454 g/mol. The summed E-state index contributed by atoms with van der Waals surface area (Å²) in [5.74, 6) is -0.262. The number of hydrogen-bond acceptors (Lipinski definition) is 5. The molecule has 0 spiro atoms. The maximum atomic E-state index is 12.6. The molecule has 1 amide bonds. The second-order valence-corrected chi connectivity index (χ2v) is 9.00. The van der Waals surface area contributed by atoms with E-state index in [1.807, 2.05) is 31.2 Å². The third-order valence-electron chi connectivity index (χ3n) is 5.03. The summed E-state index contributed by atoms with van der Waals surface area (Å²) in [5, 5.41) is 13.9. The van der Waals surface area contributed by atoms with Gasteiger partial charge in [-0.15, -0.1) is 0 Å². The van der Waals surface area contributed by atoms with E-state index in [4.69, 9.17) is 0 Å². The van der Waals surface area contributed by atoms with Gasteiger partial charge in [0.1, 0.15) is 0 Å². The van der Waals surface area contributed by atoms with Crippen LogP contribution in [0.4, 0.5) is 11.4 Å². The Morgan fingerprint density at radius 1 is 0.969 bits per heavy atom. The molecule has 32 heavy (non-hydrogen) atoms. The van der Waals surface area contributed by atoms with Gasteiger partial charge >= 0.3 is 0 Å². The number of nitrogens with zero attached hydrogens (tertiary/aromatic N) is 1. The Balaban J connectivity index is 1.64. The van der Waals surface area contributed by atoms with Crippen LogP contribution in [0.25, 0.3) is 0 Å². The van der Waals surface area contributed by atoms with Crippen LogP contribution in [0.2, 0.25) is 0 Å². The molecule has 0 aliphatic heterocycles. The highest BCUT2D eigenvalue weighted by atomic mass is 32.2. The van der Waals surface area contributed by atoms with Crippen LogP contribution in [-0.4, -0.2) is 25.8 Å². The molecule has 0 radical (unpaired) electrons. The van der Waals surface area contributed by atoms with Gasteiger partial charge in [0.05, 0.1) is 9.82 Å². The van der Waals surface area contributed by atoms with Crippen molar-refractivity contribution < 1.29 is 18.1 Å². The quantitative estimate of drug-likeness (QED) is 0.395. The van der Waals surface area contributed by atoms with Crippen molar-refractivity contribution in [2.24, 2.45) is 0 Å². The normalized spacial score (nSPS) is 11.1. The first-order chi connectivity index (χ1) is 15.2. The first-order valence-electron chi connectivity index (χ1n) is 9.88. The molecule has 0 saturated heterocycles. The minimum absolute atomic E-state index is 0.215. The zero-order chi connectivity index (χ0) is 23.3. The highest BCUT2D eigenvalue weighted by molar-refractivity contribution is 7.92. The number of anilines is 1. The summed E-state index contributed by atoms with van der Waals surface area (Å²) in [5.41, 5.74) is 3.05. The largest absolute Gasteiger partial charge is 0.352 e. The molecule has 3 aromatic carbocycles. The number of nitro benzene ring substituents is 1. The van der Waals surface area contributed by atoms with Gasteiger partial charge < -0.3 is 5.32 Å². The maximum absolute atomic E-state index is 12.6. The number of nitro groups is 1. The van der Waals surface area contributed by atoms with Gasteiger partial charge in [-0.2, -0.15) is 0 Å². The molecular formula is C23H23N3O5S. The number of carbonyl (C=O) groups excluding carboxylic acids is 1. The topological polar surface area (TPSA) is 118 Å². The van der Waals surface area contributed by atoms with Gasteiger partial charge in [0.25, 0.3) is 21.6 Å². The van der Waals surface area contributed by atoms with E-state index >= 15 is 0 Å². The predicted octanol–water partition coefficient (Wildman–Crippen LogP) is 3.98. The molecule has 3 aromatic rings. The molecule has 0 aliphatic rings. The number of sulfonamides is 1. The Bertz CT molecular complexity index is 1250. The number of benzene rings is 3. The number of rotatable bonds is 8. The molecule has 0 unspecified atom stereocenters. The molecule has 8 nitrogen and oxygen atoms in total. The molecule has 0 aliphatic carbocycles. The molecule has 0 aromatic heterocycles. The fraction of sp³-hybridized carbons (Fsp3) is 0.174. The molecule has 0 atom stereocenters. The van der Waals surface area contributed by atoms with Crippen LogP contribution >= 0.6 is 0 Å². The van der Waals surface area contributed by atoms with Crippen LogP contribution in [0.3, 0.4) is 0 Å². The van der Waals surface area contributed by atoms with E-state index in [0.717, 1.165) is 17.2 Å². The van der Waals surface area contributed by atoms with Crippen LogP contribution in [0.15, 0.2) is 71.6 Å². The SMILES string of the molecule is Cc1ccccc1CCNC(=O)c1ccc(NS(=O)(=O)c2ccc(C)c([N+](=O)[O-])c2)cc1. The number of hydrogen-bond donors (Lipinski definition) is 2. The lowest BCUT2D eigenvalue weighted by Gasteiger charge is -2.10. The molecule has 2 N–H and O–H groups in total. The average Bonchev–Trinajstić information content (AvgIpc) is 2.75. The van der Waals surface area contributed by atoms with Crippen molar-refractivity contribution in [1.29, 1.82) is 0 Å². The van der Waals surface area contributed by atoms with E-state index in [9.17, 15) is 23.3 Å². The first-order valence-corrected chi connectivity index (χ1v) is 11.4. The molecule has 3 rings (SSSR count). The Morgan fingerprint density at radius 3 is 2.31 bits per heavy atom. The monoisotopic (exact) mass is 453 g/mol. The summed E-state index contributed by atoms with van der Waals surface area (Å²) >= 11 is 0. The van der Waals surface area contributed by atoms with Crippen LogP contribution in [0.1, 0.15) is 27.0 Å². The second-order valence-electron chi connectivity index (χ2n) is 7.32. The van der Waals surface area contributed by atoms with Gasteiger partial charge in [-0.3, -0.25) is 19.6 Å². The molecule has 9 heteroatoms. The third-order valence-corrected chi connectivity index (χ3v) is 6.41. The van der Waals surface area contributed by atoms with Crippen molar-refractivity contribution in [2.75, 3.05) is 11.3 Å². The first kappa shape index (κ1) is 23.0. The van der Waals surface area contributed by atoms with Gasteiger partial charge in [0.2, 0.25) is 0 Å². The fourth-order valence-electron chi connectivity index (χ4n) is 3.16. The van der Waals surface area contributed by atoms with Gasteiger partial charge in [0, 0.05) is 29.4 Å². The van der Waals surface area contributed by atoms with Crippen molar-refractivity contribution in [1.82, 2.24) is 5.32 Å². The molecular weight excluding hydrogens is 430 g/mol. The van der Waals surface area contributed by atoms with E-state index in [1.54, 1.807) is 0 Å². The zero-order valence-electron chi connectivity index (χ0n) is 17.7. The van der Waals surface area contributed by atoms with Gasteiger partial charge in [-0.25, -0.2) is 8.42 Å². The highest BCUT2D eigenvalue weighted by Gasteiger charge is 2.20. The Labute approximate surface area is 186 Å². The van der Waals surface area contributed by atoms with E-state index in [2.05, 4.69) is 10.0 Å². The predicted molar refractivity (Wildman–Crippen MR) is 122 cm³/mol. The Kier molecular flexibility index (Phi) is 6.89. The van der Waals surface area contributed by atoms with E-state index < -0.39 is 14.9 Å². The number of amides is 1. The van der Waals surface area contributed by atoms with Crippen molar-refractivity contribution in [3.8, 4) is 0 Å². The Hall–Kier alpha value is -3.72. The summed E-state index contributed by atoms with van der Waals surface area (Å²) in [6, 6.07) is 17.6. The maximum Gasteiger partial charge on any atom is 0.273 e. The van der Waals surface area contributed by atoms with E-state index in [0.29, 0.717) is 24.1 Å². The summed E-state index contributed by atoms with van der Waals surface area (Å²) in [6.07, 6.45) is 0.707. The van der Waals surface area contributed by atoms with E-state index in [1.165, 1.54) is 43.3 Å². The molecule has 0 heterocycles. The lowest BCUT2D eigenvalue weighted by Crippen LogP contribution is -2.25. The van der Waals surface area contributed by atoms with Crippen molar-refractivity contribution in [3.63, 3.8) is 0 Å². The van der Waals surface area contributed by atoms with Gasteiger partial charge in [0.15, 0.2) is 0 Å². The summed E-state index contributed by atoms with van der Waals surface area (Å²) in [4.78, 5) is 22.6. The third kappa shape index (κ3) is 5.50. The lowest BCUT2D eigenvalue weighted by molar-refractivity contribution is -0.385. The van der Waals surface area contributed by atoms with E-state index in [-0.39, 0.29) is 22.2 Å². The van der Waals surface area contributed by atoms with Gasteiger partial charge in [-0.05, 0) is 61.7 Å². The second kappa shape index (κ2) is 9.61.